The predicted molar refractivity (Wildman–Crippen MR) is 66.7 cm³/mol. The molecule has 2 N–H and O–H groups in total. The first kappa shape index (κ1) is 10.9. The van der Waals surface area contributed by atoms with Gasteiger partial charge in [-0.05, 0) is 11.1 Å². The third kappa shape index (κ3) is 2.30. The van der Waals surface area contributed by atoms with Gasteiger partial charge in [0.05, 0.1) is 6.04 Å². The lowest BCUT2D eigenvalue weighted by atomic mass is 9.99. The van der Waals surface area contributed by atoms with E-state index in [4.69, 9.17) is 5.84 Å². The van der Waals surface area contributed by atoms with Crippen LogP contribution in [0.15, 0.2) is 60.7 Å². The number of rotatable bonds is 3. The highest BCUT2D eigenvalue weighted by atomic mass is 15.4. The Balaban J connectivity index is 2.40. The van der Waals surface area contributed by atoms with Gasteiger partial charge >= 0.3 is 0 Å². The third-order valence-corrected chi connectivity index (χ3v) is 2.64. The molecule has 0 aliphatic rings. The molecule has 0 unspecified atom stereocenters. The maximum absolute atomic E-state index is 5.93. The molecule has 0 aliphatic carbocycles. The van der Waals surface area contributed by atoms with Crippen LogP contribution in [0.4, 0.5) is 0 Å². The molecule has 0 bridgehead atoms. The lowest BCUT2D eigenvalue weighted by Crippen LogP contribution is -2.31. The fourth-order valence-corrected chi connectivity index (χ4v) is 1.93. The average Bonchev–Trinajstić information content (AvgIpc) is 2.31. The van der Waals surface area contributed by atoms with E-state index in [1.54, 1.807) is 5.01 Å². The lowest BCUT2D eigenvalue weighted by Gasteiger charge is -2.24. The van der Waals surface area contributed by atoms with Crippen LogP contribution in [0.5, 0.6) is 0 Å². The molecule has 0 fully saturated rings. The van der Waals surface area contributed by atoms with Crippen LogP contribution < -0.4 is 5.84 Å². The summed E-state index contributed by atoms with van der Waals surface area (Å²) in [4.78, 5) is 0. The topological polar surface area (TPSA) is 29.3 Å². The van der Waals surface area contributed by atoms with E-state index in [2.05, 4.69) is 24.3 Å². The number of hydrogen-bond donors (Lipinski definition) is 1. The highest BCUT2D eigenvalue weighted by Crippen LogP contribution is 2.24. The second-order valence-corrected chi connectivity index (χ2v) is 3.89. The number of nitrogens with two attached hydrogens (primary N) is 1. The van der Waals surface area contributed by atoms with Gasteiger partial charge in [0.1, 0.15) is 0 Å². The Morgan fingerprint density at radius 2 is 1.19 bits per heavy atom. The number of hydrogen-bond acceptors (Lipinski definition) is 2. The predicted octanol–water partition coefficient (Wildman–Crippen LogP) is 2.58. The van der Waals surface area contributed by atoms with Crippen LogP contribution in [0.25, 0.3) is 0 Å². The number of benzene rings is 2. The Morgan fingerprint density at radius 1 is 0.812 bits per heavy atom. The summed E-state index contributed by atoms with van der Waals surface area (Å²) in [6.45, 7) is 0. The van der Waals surface area contributed by atoms with Gasteiger partial charge in [0.25, 0.3) is 0 Å². The van der Waals surface area contributed by atoms with Crippen molar-refractivity contribution < 1.29 is 0 Å². The normalized spacial score (nSPS) is 11.0. The van der Waals surface area contributed by atoms with Gasteiger partial charge in [0.2, 0.25) is 0 Å². The van der Waals surface area contributed by atoms with E-state index in [1.807, 2.05) is 43.4 Å². The van der Waals surface area contributed by atoms with Crippen LogP contribution in [-0.2, 0) is 0 Å². The van der Waals surface area contributed by atoms with Crippen molar-refractivity contribution in [2.45, 2.75) is 6.04 Å². The Hall–Kier alpha value is -1.64. The molecule has 2 heteroatoms. The van der Waals surface area contributed by atoms with Crippen LogP contribution in [-0.4, -0.2) is 12.1 Å². The molecule has 0 saturated carbocycles. The number of nitrogens with zero attached hydrogens (tertiary/aromatic N) is 1. The molecule has 2 aromatic carbocycles. The van der Waals surface area contributed by atoms with Crippen molar-refractivity contribution in [3.63, 3.8) is 0 Å². The summed E-state index contributed by atoms with van der Waals surface area (Å²) >= 11 is 0. The van der Waals surface area contributed by atoms with Gasteiger partial charge < -0.3 is 0 Å². The van der Waals surface area contributed by atoms with Crippen LogP contribution in [0.2, 0.25) is 0 Å². The van der Waals surface area contributed by atoms with Crippen molar-refractivity contribution in [3.8, 4) is 0 Å². The number of hydrazine groups is 1. The first-order valence-corrected chi connectivity index (χ1v) is 5.36. The first-order valence-electron chi connectivity index (χ1n) is 5.36. The van der Waals surface area contributed by atoms with E-state index in [0.29, 0.717) is 0 Å². The van der Waals surface area contributed by atoms with E-state index < -0.39 is 0 Å². The summed E-state index contributed by atoms with van der Waals surface area (Å²) < 4.78 is 0. The molecule has 0 atom stereocenters. The molecule has 2 nitrogen and oxygen atoms in total. The van der Waals surface area contributed by atoms with Gasteiger partial charge in [-0.2, -0.15) is 0 Å². The zero-order valence-electron chi connectivity index (χ0n) is 9.38. The van der Waals surface area contributed by atoms with E-state index in [1.165, 1.54) is 11.1 Å². The second-order valence-electron chi connectivity index (χ2n) is 3.89. The lowest BCUT2D eigenvalue weighted by molar-refractivity contribution is 0.289. The molecule has 2 aromatic rings. The minimum absolute atomic E-state index is 0.113. The summed E-state index contributed by atoms with van der Waals surface area (Å²) in [5, 5.41) is 1.74. The molecule has 0 spiro atoms. The van der Waals surface area contributed by atoms with Crippen molar-refractivity contribution in [1.29, 1.82) is 0 Å². The van der Waals surface area contributed by atoms with Gasteiger partial charge in [-0.15, -0.1) is 0 Å². The third-order valence-electron chi connectivity index (χ3n) is 2.64. The fourth-order valence-electron chi connectivity index (χ4n) is 1.93. The second kappa shape index (κ2) is 4.92. The summed E-state index contributed by atoms with van der Waals surface area (Å²) in [6, 6.07) is 20.7. The van der Waals surface area contributed by atoms with Gasteiger partial charge in [-0.3, -0.25) is 5.84 Å². The highest BCUT2D eigenvalue weighted by molar-refractivity contribution is 5.31. The van der Waals surface area contributed by atoms with E-state index in [0.717, 1.165) is 0 Å². The van der Waals surface area contributed by atoms with Gasteiger partial charge in [-0.1, -0.05) is 60.7 Å². The Bertz CT molecular complexity index is 384. The van der Waals surface area contributed by atoms with E-state index >= 15 is 0 Å². The van der Waals surface area contributed by atoms with Crippen LogP contribution in [0, 0.1) is 0 Å². The molecular formula is C14H16N2. The first-order chi connectivity index (χ1) is 7.79. The summed E-state index contributed by atoms with van der Waals surface area (Å²) in [7, 11) is 1.89. The molecule has 2 rings (SSSR count). The molecule has 16 heavy (non-hydrogen) atoms. The standard InChI is InChI=1S/C14H16N2/c1-16(15)14(12-8-4-2-5-9-12)13-10-6-3-7-11-13/h2-11,14H,15H2,1H3. The summed E-state index contributed by atoms with van der Waals surface area (Å²) in [6.07, 6.45) is 0. The zero-order valence-corrected chi connectivity index (χ0v) is 9.38. The summed E-state index contributed by atoms with van der Waals surface area (Å²) in [5.41, 5.74) is 2.41. The maximum atomic E-state index is 5.93. The molecule has 0 aliphatic heterocycles. The van der Waals surface area contributed by atoms with Crippen molar-refractivity contribution in [2.75, 3.05) is 7.05 Å². The minimum Gasteiger partial charge on any atom is -0.268 e. The molecule has 0 radical (unpaired) electrons. The molecule has 0 saturated heterocycles. The molecule has 0 amide bonds. The van der Waals surface area contributed by atoms with Crippen LogP contribution in [0.1, 0.15) is 17.2 Å². The Kier molecular flexibility index (Phi) is 3.34. The highest BCUT2D eigenvalue weighted by Gasteiger charge is 2.15. The fraction of sp³-hybridized carbons (Fsp3) is 0.143. The zero-order chi connectivity index (χ0) is 11.4. The minimum atomic E-state index is 0.113. The Morgan fingerprint density at radius 3 is 1.50 bits per heavy atom. The largest absolute Gasteiger partial charge is 0.268 e. The smallest absolute Gasteiger partial charge is 0.0737 e. The van der Waals surface area contributed by atoms with Crippen molar-refractivity contribution >= 4 is 0 Å². The van der Waals surface area contributed by atoms with Gasteiger partial charge in [0.15, 0.2) is 0 Å². The van der Waals surface area contributed by atoms with Gasteiger partial charge in [-0.25, -0.2) is 5.01 Å². The van der Waals surface area contributed by atoms with Crippen molar-refractivity contribution in [3.05, 3.63) is 71.8 Å². The Labute approximate surface area is 96.3 Å². The maximum Gasteiger partial charge on any atom is 0.0737 e. The van der Waals surface area contributed by atoms with E-state index in [-0.39, 0.29) is 6.04 Å². The summed E-state index contributed by atoms with van der Waals surface area (Å²) in [5.74, 6) is 5.93. The molecule has 0 aromatic heterocycles. The van der Waals surface area contributed by atoms with Crippen LogP contribution >= 0.6 is 0 Å². The van der Waals surface area contributed by atoms with E-state index in [9.17, 15) is 0 Å². The molecular weight excluding hydrogens is 196 g/mol. The molecule has 0 heterocycles. The molecule has 82 valence electrons. The van der Waals surface area contributed by atoms with Gasteiger partial charge in [0, 0.05) is 7.05 Å². The monoisotopic (exact) mass is 212 g/mol. The SMILES string of the molecule is CN(N)C(c1ccccc1)c1ccccc1. The quantitative estimate of drug-likeness (QED) is 0.626. The van der Waals surface area contributed by atoms with Crippen molar-refractivity contribution in [1.82, 2.24) is 5.01 Å². The average molecular weight is 212 g/mol. The van der Waals surface area contributed by atoms with Crippen molar-refractivity contribution in [2.24, 2.45) is 5.84 Å². The van der Waals surface area contributed by atoms with Crippen LogP contribution in [0.3, 0.4) is 0 Å².